The summed E-state index contributed by atoms with van der Waals surface area (Å²) in [6, 6.07) is 2.49. The lowest BCUT2D eigenvalue weighted by Crippen LogP contribution is -2.62. The molecule has 7 nitrogen and oxygen atoms in total. The Morgan fingerprint density at radius 2 is 1.96 bits per heavy atom. The molecule has 2 aliphatic heterocycles. The highest BCUT2D eigenvalue weighted by Crippen LogP contribution is 2.30. The van der Waals surface area contributed by atoms with Gasteiger partial charge in [0.15, 0.2) is 0 Å². The van der Waals surface area contributed by atoms with Gasteiger partial charge in [-0.25, -0.2) is 0 Å². The van der Waals surface area contributed by atoms with Crippen LogP contribution in [0.1, 0.15) is 70.3 Å². The molecule has 0 spiro atoms. The fourth-order valence-corrected chi connectivity index (χ4v) is 4.37. The molecule has 3 rings (SSSR count). The molecule has 0 aromatic carbocycles. The summed E-state index contributed by atoms with van der Waals surface area (Å²) >= 11 is 0. The first-order chi connectivity index (χ1) is 13.3. The van der Waals surface area contributed by atoms with Crippen molar-refractivity contribution in [1.82, 2.24) is 24.9 Å². The average Bonchev–Trinajstić information content (AvgIpc) is 3.17. The van der Waals surface area contributed by atoms with Crippen LogP contribution in [0.15, 0.2) is 12.3 Å². The zero-order valence-corrected chi connectivity index (χ0v) is 17.8. The number of aromatic nitrogens is 2. The van der Waals surface area contributed by atoms with Gasteiger partial charge in [0.2, 0.25) is 5.91 Å². The summed E-state index contributed by atoms with van der Waals surface area (Å²) in [5.74, 6) is -0.155. The van der Waals surface area contributed by atoms with Crippen molar-refractivity contribution >= 4 is 11.8 Å². The van der Waals surface area contributed by atoms with E-state index < -0.39 is 5.54 Å². The summed E-state index contributed by atoms with van der Waals surface area (Å²) in [6.07, 6.45) is 6.34. The summed E-state index contributed by atoms with van der Waals surface area (Å²) in [7, 11) is 0. The molecule has 3 heterocycles. The van der Waals surface area contributed by atoms with Crippen LogP contribution >= 0.6 is 0 Å². The van der Waals surface area contributed by atoms with Crippen LogP contribution in [0.4, 0.5) is 0 Å². The highest BCUT2D eigenvalue weighted by Gasteiger charge is 2.45. The Morgan fingerprint density at radius 3 is 2.57 bits per heavy atom. The van der Waals surface area contributed by atoms with Crippen LogP contribution in [0.2, 0.25) is 0 Å². The number of amides is 2. The van der Waals surface area contributed by atoms with Crippen LogP contribution in [0, 0.1) is 0 Å². The summed E-state index contributed by atoms with van der Waals surface area (Å²) in [5, 5.41) is 7.61. The number of rotatable bonds is 5. The molecule has 2 saturated heterocycles. The Balaban J connectivity index is 1.68. The van der Waals surface area contributed by atoms with Gasteiger partial charge in [-0.3, -0.25) is 14.3 Å². The molecule has 0 saturated carbocycles. The van der Waals surface area contributed by atoms with Gasteiger partial charge in [-0.15, -0.1) is 0 Å². The highest BCUT2D eigenvalue weighted by atomic mass is 16.2. The summed E-state index contributed by atoms with van der Waals surface area (Å²) in [6.45, 7) is 11.7. The number of nitrogens with zero attached hydrogens (tertiary/aromatic N) is 4. The second-order valence-electron chi connectivity index (χ2n) is 8.62. The van der Waals surface area contributed by atoms with Crippen molar-refractivity contribution in [1.29, 1.82) is 0 Å². The van der Waals surface area contributed by atoms with Gasteiger partial charge in [0, 0.05) is 44.5 Å². The smallest absolute Gasteiger partial charge is 0.275 e. The van der Waals surface area contributed by atoms with Gasteiger partial charge in [-0.2, -0.15) is 5.10 Å². The third kappa shape index (κ3) is 4.24. The normalized spacial score (nSPS) is 24.5. The van der Waals surface area contributed by atoms with E-state index in [9.17, 15) is 9.59 Å². The highest BCUT2D eigenvalue weighted by molar-refractivity contribution is 5.98. The molecule has 7 heteroatoms. The maximum absolute atomic E-state index is 13.3. The summed E-state index contributed by atoms with van der Waals surface area (Å²) in [4.78, 5) is 30.6. The van der Waals surface area contributed by atoms with E-state index in [1.807, 2.05) is 20.0 Å². The predicted octanol–water partition coefficient (Wildman–Crippen LogP) is 2.28. The van der Waals surface area contributed by atoms with Gasteiger partial charge < -0.3 is 15.1 Å². The zero-order chi connectivity index (χ0) is 20.3. The van der Waals surface area contributed by atoms with Crippen molar-refractivity contribution in [3.05, 3.63) is 18.0 Å². The maximum Gasteiger partial charge on any atom is 0.275 e. The fourth-order valence-electron chi connectivity index (χ4n) is 4.37. The molecule has 1 atom stereocenters. The molecule has 2 fully saturated rings. The van der Waals surface area contributed by atoms with Gasteiger partial charge in [-0.1, -0.05) is 0 Å². The van der Waals surface area contributed by atoms with Crippen molar-refractivity contribution in [2.75, 3.05) is 19.6 Å². The molecule has 1 aromatic heterocycles. The first-order valence-corrected chi connectivity index (χ1v) is 10.8. The average molecular weight is 390 g/mol. The lowest BCUT2D eigenvalue weighted by molar-refractivity contribution is -0.134. The van der Waals surface area contributed by atoms with Crippen LogP contribution in [0.25, 0.3) is 0 Å². The van der Waals surface area contributed by atoms with Gasteiger partial charge in [0.25, 0.3) is 5.91 Å². The van der Waals surface area contributed by atoms with E-state index in [-0.39, 0.29) is 17.9 Å². The monoisotopic (exact) mass is 389 g/mol. The third-order valence-corrected chi connectivity index (χ3v) is 6.40. The van der Waals surface area contributed by atoms with Crippen LogP contribution in [0.3, 0.4) is 0 Å². The van der Waals surface area contributed by atoms with E-state index in [0.29, 0.717) is 24.7 Å². The lowest BCUT2D eigenvalue weighted by Gasteiger charge is -2.44. The quantitative estimate of drug-likeness (QED) is 0.839. The maximum atomic E-state index is 13.3. The third-order valence-electron chi connectivity index (χ3n) is 6.40. The lowest BCUT2D eigenvalue weighted by atomic mass is 9.86. The van der Waals surface area contributed by atoms with E-state index >= 15 is 0 Å². The number of likely N-dealkylation sites (tertiary alicyclic amines) is 2. The molecule has 156 valence electrons. The Labute approximate surface area is 168 Å². The van der Waals surface area contributed by atoms with Gasteiger partial charge >= 0.3 is 0 Å². The van der Waals surface area contributed by atoms with Crippen molar-refractivity contribution < 1.29 is 9.59 Å². The Hall–Kier alpha value is -1.89. The zero-order valence-electron chi connectivity index (χ0n) is 17.8. The van der Waals surface area contributed by atoms with E-state index in [4.69, 9.17) is 0 Å². The van der Waals surface area contributed by atoms with Crippen molar-refractivity contribution in [3.63, 3.8) is 0 Å². The molecule has 2 aliphatic rings. The largest absolute Gasteiger partial charge is 0.351 e. The Bertz CT molecular complexity index is 693. The number of nitrogens with one attached hydrogen (secondary N) is 1. The molecular formula is C21H35N5O2. The van der Waals surface area contributed by atoms with Crippen LogP contribution < -0.4 is 5.32 Å². The SMILES string of the molecule is CCn1ccc(C(=O)N2CCCCC2(C)C(=O)NC2CCN(C(C)C)CC2)n1. The van der Waals surface area contributed by atoms with Crippen LogP contribution in [-0.4, -0.2) is 68.7 Å². The van der Waals surface area contributed by atoms with Crippen molar-refractivity contribution in [3.8, 4) is 0 Å². The molecule has 1 unspecified atom stereocenters. The number of aryl methyl sites for hydroxylation is 1. The second-order valence-corrected chi connectivity index (χ2v) is 8.62. The molecule has 0 bridgehead atoms. The van der Waals surface area contributed by atoms with Gasteiger partial charge in [0.1, 0.15) is 11.2 Å². The summed E-state index contributed by atoms with van der Waals surface area (Å²) in [5.41, 5.74) is -0.381. The first kappa shape index (κ1) is 20.8. The second kappa shape index (κ2) is 8.64. The van der Waals surface area contributed by atoms with Gasteiger partial charge in [0.05, 0.1) is 0 Å². The number of carbonyl (C=O) groups is 2. The van der Waals surface area contributed by atoms with E-state index in [0.717, 1.165) is 45.3 Å². The molecule has 1 aromatic rings. The molecule has 2 amide bonds. The number of carbonyl (C=O) groups excluding carboxylic acids is 2. The van der Waals surface area contributed by atoms with Crippen LogP contribution in [-0.2, 0) is 11.3 Å². The number of piperidine rings is 2. The van der Waals surface area contributed by atoms with E-state index in [1.165, 1.54) is 0 Å². The molecule has 0 radical (unpaired) electrons. The van der Waals surface area contributed by atoms with Gasteiger partial charge in [-0.05, 0) is 65.9 Å². The first-order valence-electron chi connectivity index (χ1n) is 10.8. The number of hydrogen-bond donors (Lipinski definition) is 1. The topological polar surface area (TPSA) is 70.5 Å². The molecular weight excluding hydrogens is 354 g/mol. The fraction of sp³-hybridized carbons (Fsp3) is 0.762. The molecule has 28 heavy (non-hydrogen) atoms. The summed E-state index contributed by atoms with van der Waals surface area (Å²) < 4.78 is 1.75. The van der Waals surface area contributed by atoms with Crippen molar-refractivity contribution in [2.24, 2.45) is 0 Å². The molecule has 1 N–H and O–H groups in total. The molecule has 0 aliphatic carbocycles. The van der Waals surface area contributed by atoms with E-state index in [1.54, 1.807) is 15.6 Å². The predicted molar refractivity (Wildman–Crippen MR) is 109 cm³/mol. The van der Waals surface area contributed by atoms with Crippen molar-refractivity contribution in [2.45, 2.75) is 84.0 Å². The minimum atomic E-state index is -0.805. The standard InChI is InChI=1S/C21H35N5O2/c1-5-25-15-10-18(23-25)19(27)26-12-7-6-11-21(26,4)20(28)22-17-8-13-24(14-9-17)16(2)3/h10,15-17H,5-9,11-14H2,1-4H3,(H,22,28). The Morgan fingerprint density at radius 1 is 1.25 bits per heavy atom. The number of hydrogen-bond acceptors (Lipinski definition) is 4. The Kier molecular flexibility index (Phi) is 6.43. The van der Waals surface area contributed by atoms with E-state index in [2.05, 4.69) is 29.2 Å². The minimum Gasteiger partial charge on any atom is -0.351 e. The minimum absolute atomic E-state index is 0.0153. The van der Waals surface area contributed by atoms with Crippen LogP contribution in [0.5, 0.6) is 0 Å².